The van der Waals surface area contributed by atoms with E-state index in [4.69, 9.17) is 14.7 Å². The minimum Gasteiger partial charge on any atom is -0.506 e. The van der Waals surface area contributed by atoms with E-state index in [1.807, 2.05) is 54.9 Å². The number of rotatable bonds is 4. The molecule has 0 fully saturated rings. The van der Waals surface area contributed by atoms with Gasteiger partial charge in [0.1, 0.15) is 11.6 Å². The molecule has 1 N–H and O–H groups in total. The minimum absolute atomic E-state index is 0. The van der Waals surface area contributed by atoms with Crippen LogP contribution in [0.3, 0.4) is 0 Å². The van der Waals surface area contributed by atoms with E-state index in [-0.39, 0.29) is 39.1 Å². The molecule has 218 valence electrons. The first-order chi connectivity index (χ1) is 20.9. The number of hydrogen-bond acceptors (Lipinski definition) is 4. The smallest absolute Gasteiger partial charge is 0.330 e. The van der Waals surface area contributed by atoms with E-state index < -0.39 is 0 Å². The Morgan fingerprint density at radius 1 is 0.864 bits per heavy atom. The van der Waals surface area contributed by atoms with Crippen molar-refractivity contribution in [2.75, 3.05) is 0 Å². The maximum atomic E-state index is 10.7. The van der Waals surface area contributed by atoms with Crippen LogP contribution in [0.2, 0.25) is 0 Å². The monoisotopic (exact) mass is 754 g/mol. The van der Waals surface area contributed by atoms with E-state index in [1.165, 1.54) is 5.56 Å². The Morgan fingerprint density at radius 2 is 1.66 bits per heavy atom. The molecule has 5 heterocycles. The molecular weight excluding hydrogens is 726 g/mol. The zero-order chi connectivity index (χ0) is 29.3. The summed E-state index contributed by atoms with van der Waals surface area (Å²) in [4.78, 5) is 9.67. The zero-order valence-electron chi connectivity index (χ0n) is 24.4. The third-order valence-corrected chi connectivity index (χ3v) is 8.32. The third kappa shape index (κ3) is 4.46. The van der Waals surface area contributed by atoms with E-state index in [1.54, 1.807) is 6.07 Å². The number of pyridine rings is 2. The Labute approximate surface area is 270 Å². The maximum Gasteiger partial charge on any atom is 0.330 e. The van der Waals surface area contributed by atoms with Crippen molar-refractivity contribution in [3.05, 3.63) is 121 Å². The van der Waals surface area contributed by atoms with E-state index in [0.717, 1.165) is 38.5 Å². The second-order valence-electron chi connectivity index (χ2n) is 12.0. The van der Waals surface area contributed by atoms with Gasteiger partial charge in [-0.2, -0.15) is 6.07 Å². The predicted octanol–water partition coefficient (Wildman–Crippen LogP) is 6.60. The van der Waals surface area contributed by atoms with E-state index in [9.17, 15) is 5.11 Å². The van der Waals surface area contributed by atoms with Gasteiger partial charge in [-0.1, -0.05) is 86.3 Å². The molecule has 0 unspecified atom stereocenters. The quantitative estimate of drug-likeness (QED) is 0.163. The number of fused-ring (bicyclic) bond motifs is 6. The Balaban J connectivity index is 0.00000312. The maximum absolute atomic E-state index is 10.7. The van der Waals surface area contributed by atoms with Gasteiger partial charge in [0.15, 0.2) is 0 Å². The first kappa shape index (κ1) is 28.2. The summed E-state index contributed by atoms with van der Waals surface area (Å²) in [5.41, 5.74) is 6.70. The van der Waals surface area contributed by atoms with Gasteiger partial charge in [0.25, 0.3) is 0 Å². The van der Waals surface area contributed by atoms with Crippen molar-refractivity contribution in [1.29, 1.82) is 0 Å². The minimum atomic E-state index is -0.0661. The molecular formula is C36H28BN4O2Pt-. The molecule has 7 aromatic rings. The summed E-state index contributed by atoms with van der Waals surface area (Å²) in [7, 11) is 0. The number of hydrogen-bond donors (Lipinski definition) is 1. The van der Waals surface area contributed by atoms with E-state index in [2.05, 4.69) is 84.4 Å². The molecule has 1 aliphatic heterocycles. The number of benzene rings is 3. The van der Waals surface area contributed by atoms with Crippen molar-refractivity contribution < 1.29 is 30.9 Å². The second-order valence-corrected chi connectivity index (χ2v) is 12.0. The largest absolute Gasteiger partial charge is 0.506 e. The van der Waals surface area contributed by atoms with Crippen LogP contribution in [-0.4, -0.2) is 31.0 Å². The molecule has 8 heteroatoms. The summed E-state index contributed by atoms with van der Waals surface area (Å²) in [5.74, 6) is 2.02. The molecule has 0 amide bonds. The fourth-order valence-electron chi connectivity index (χ4n) is 6.23. The summed E-state index contributed by atoms with van der Waals surface area (Å²) in [5, 5.41) is 12.9. The average Bonchev–Trinajstić information content (AvgIpc) is 3.66. The van der Waals surface area contributed by atoms with Gasteiger partial charge in [-0.15, -0.1) is 17.5 Å². The molecule has 44 heavy (non-hydrogen) atoms. The Hall–Kier alpha value is -4.61. The number of aromatic hydroxyl groups is 1. The molecule has 0 bridgehead atoms. The fraction of sp³-hybridized carbons (Fsp3) is 0.111. The second kappa shape index (κ2) is 10.5. The van der Waals surface area contributed by atoms with Crippen LogP contribution in [0.1, 0.15) is 26.3 Å². The van der Waals surface area contributed by atoms with Crippen LogP contribution in [0.5, 0.6) is 17.4 Å². The van der Waals surface area contributed by atoms with Crippen molar-refractivity contribution in [3.8, 4) is 34.6 Å². The Kier molecular flexibility index (Phi) is 6.75. The molecule has 0 saturated heterocycles. The summed E-state index contributed by atoms with van der Waals surface area (Å²) >= 11 is 0. The van der Waals surface area contributed by atoms with E-state index >= 15 is 0 Å². The summed E-state index contributed by atoms with van der Waals surface area (Å²) in [6.45, 7) is 6.55. The van der Waals surface area contributed by atoms with Crippen molar-refractivity contribution in [3.63, 3.8) is 0 Å². The molecule has 0 saturated carbocycles. The van der Waals surface area contributed by atoms with Crippen LogP contribution in [0.4, 0.5) is 0 Å². The van der Waals surface area contributed by atoms with Gasteiger partial charge in [-0.05, 0) is 52.3 Å². The summed E-state index contributed by atoms with van der Waals surface area (Å²) in [6.07, 6.45) is 3.78. The summed E-state index contributed by atoms with van der Waals surface area (Å²) < 4.78 is 10.6. The molecule has 0 spiro atoms. The fourth-order valence-corrected chi connectivity index (χ4v) is 6.23. The first-order valence-electron chi connectivity index (χ1n) is 14.4. The number of para-hydroxylation sites is 1. The Bertz CT molecular complexity index is 2180. The molecule has 6 nitrogen and oxygen atoms in total. The van der Waals surface area contributed by atoms with Gasteiger partial charge >= 0.3 is 6.85 Å². The van der Waals surface area contributed by atoms with Crippen LogP contribution >= 0.6 is 0 Å². The molecule has 0 radical (unpaired) electrons. The zero-order valence-corrected chi connectivity index (χ0v) is 26.7. The standard InChI is InChI=1S/C36H28BN4O2.Pt/c1-36(2,3)23-17-19-38-32(21-23)41-29-12-8-7-11-26(29)27-14-13-25(22-30(27)41)43-33-16-15-28-34(39-33)35-31(42)18-20-40(35)37(28)24-9-5-4-6-10-24;/h4-21,42H,1-3H3;/q-1;. The number of ether oxygens (including phenoxy) is 1. The Morgan fingerprint density at radius 3 is 2.48 bits per heavy atom. The molecule has 4 aromatic heterocycles. The first-order valence-corrected chi connectivity index (χ1v) is 14.4. The molecule has 0 atom stereocenters. The topological polar surface area (TPSA) is 65.1 Å². The average molecular weight is 755 g/mol. The van der Waals surface area contributed by atoms with E-state index in [0.29, 0.717) is 23.0 Å². The van der Waals surface area contributed by atoms with Gasteiger partial charge in [-0.3, -0.25) is 0 Å². The summed E-state index contributed by atoms with van der Waals surface area (Å²) in [6, 6.07) is 36.0. The van der Waals surface area contributed by atoms with Gasteiger partial charge in [0.2, 0.25) is 5.88 Å². The predicted molar refractivity (Wildman–Crippen MR) is 172 cm³/mol. The number of nitrogens with zero attached hydrogens (tertiary/aromatic N) is 4. The molecule has 1 aliphatic rings. The molecule has 3 aromatic carbocycles. The van der Waals surface area contributed by atoms with Crippen molar-refractivity contribution in [2.45, 2.75) is 26.2 Å². The van der Waals surface area contributed by atoms with Gasteiger partial charge in [-0.25, -0.2) is 9.97 Å². The molecule has 8 rings (SSSR count). The number of aromatic nitrogens is 4. The van der Waals surface area contributed by atoms with Crippen LogP contribution in [0.15, 0.2) is 109 Å². The van der Waals surface area contributed by atoms with Crippen LogP contribution < -0.4 is 15.7 Å². The van der Waals surface area contributed by atoms with Crippen LogP contribution in [0, 0.1) is 6.07 Å². The van der Waals surface area contributed by atoms with Crippen molar-refractivity contribution in [2.24, 2.45) is 0 Å². The van der Waals surface area contributed by atoms with Crippen LogP contribution in [-0.2, 0) is 26.5 Å². The van der Waals surface area contributed by atoms with Gasteiger partial charge < -0.3 is 18.9 Å². The van der Waals surface area contributed by atoms with Crippen molar-refractivity contribution in [1.82, 2.24) is 19.0 Å². The van der Waals surface area contributed by atoms with Gasteiger partial charge in [0, 0.05) is 44.6 Å². The van der Waals surface area contributed by atoms with Crippen LogP contribution in [0.25, 0.3) is 39.0 Å². The van der Waals surface area contributed by atoms with Gasteiger partial charge in [0.05, 0.1) is 11.4 Å². The third-order valence-electron chi connectivity index (χ3n) is 8.32. The molecule has 0 aliphatic carbocycles. The SMILES string of the molecule is CC(C)(C)c1ccnc(-n2c3[c-]c(Oc4ccc5c(n4)-c4c(O)ccn4B5c4ccccc4)ccc3c3ccccc32)c1.[Pt]. The van der Waals surface area contributed by atoms with Crippen molar-refractivity contribution >= 4 is 39.6 Å². The normalized spacial score (nSPS) is 12.3.